The van der Waals surface area contributed by atoms with Gasteiger partial charge in [-0.15, -0.1) is 0 Å². The Balaban J connectivity index is 1.44. The lowest BCUT2D eigenvalue weighted by atomic mass is 10.0. The number of anilines is 1. The molecule has 4 rings (SSSR count). The number of nitrogens with one attached hydrogen (secondary N) is 1. The first kappa shape index (κ1) is 22.3. The van der Waals surface area contributed by atoms with Crippen molar-refractivity contribution < 1.29 is 9.53 Å². The molecule has 1 N–H and O–H groups in total. The molecule has 0 bridgehead atoms. The molecule has 4 nitrogen and oxygen atoms in total. The number of hydrogen-bond donors (Lipinski definition) is 1. The highest BCUT2D eigenvalue weighted by Crippen LogP contribution is 2.31. The van der Waals surface area contributed by atoms with Gasteiger partial charge in [-0.25, -0.2) is 0 Å². The van der Waals surface area contributed by atoms with Crippen molar-refractivity contribution in [3.05, 3.63) is 102 Å². The van der Waals surface area contributed by atoms with Crippen LogP contribution in [-0.4, -0.2) is 30.1 Å². The summed E-state index contributed by atoms with van der Waals surface area (Å²) in [6, 6.07) is 29.2. The molecule has 1 saturated heterocycles. The molecule has 166 valence electrons. The first-order valence-corrected chi connectivity index (χ1v) is 11.5. The summed E-state index contributed by atoms with van der Waals surface area (Å²) in [5.74, 6) is -0.0440. The summed E-state index contributed by atoms with van der Waals surface area (Å²) in [6.45, 7) is 3.55. The van der Waals surface area contributed by atoms with E-state index in [1.807, 2.05) is 12.1 Å². The molecule has 0 spiro atoms. The van der Waals surface area contributed by atoms with Gasteiger partial charge in [0.1, 0.15) is 12.3 Å². The van der Waals surface area contributed by atoms with Crippen LogP contribution >= 0.6 is 0 Å². The fraction of sp³-hybridized carbons (Fsp3) is 0.321. The van der Waals surface area contributed by atoms with Crippen molar-refractivity contribution >= 4 is 11.6 Å². The SMILES string of the molecule is CC(=O)Nc1ccc(CCN2CCCCC2OC(c2ccccc2)c2ccccc2)cc1. The van der Waals surface area contributed by atoms with E-state index in [0.717, 1.165) is 31.6 Å². The minimum absolute atomic E-state index is 0.0440. The van der Waals surface area contributed by atoms with Gasteiger partial charge in [0, 0.05) is 25.7 Å². The largest absolute Gasteiger partial charge is 0.350 e. The second-order valence-electron chi connectivity index (χ2n) is 8.45. The molecular weight excluding hydrogens is 396 g/mol. The number of nitrogens with zero attached hydrogens (tertiary/aromatic N) is 1. The predicted octanol–water partition coefficient (Wildman–Crippen LogP) is 5.81. The summed E-state index contributed by atoms with van der Waals surface area (Å²) < 4.78 is 6.81. The molecule has 0 aliphatic carbocycles. The van der Waals surface area contributed by atoms with Crippen LogP contribution in [0, 0.1) is 0 Å². The molecule has 0 saturated carbocycles. The molecule has 3 aromatic rings. The average Bonchev–Trinajstić information content (AvgIpc) is 2.83. The van der Waals surface area contributed by atoms with Gasteiger partial charge in [-0.05, 0) is 54.5 Å². The van der Waals surface area contributed by atoms with Crippen molar-refractivity contribution in [1.82, 2.24) is 4.90 Å². The van der Waals surface area contributed by atoms with E-state index in [9.17, 15) is 4.79 Å². The van der Waals surface area contributed by atoms with Crippen LogP contribution in [0.2, 0.25) is 0 Å². The van der Waals surface area contributed by atoms with Gasteiger partial charge in [0.05, 0.1) is 0 Å². The highest BCUT2D eigenvalue weighted by Gasteiger charge is 2.27. The lowest BCUT2D eigenvalue weighted by Crippen LogP contribution is -2.43. The minimum atomic E-state index is -0.0695. The smallest absolute Gasteiger partial charge is 0.221 e. The zero-order valence-corrected chi connectivity index (χ0v) is 18.7. The van der Waals surface area contributed by atoms with E-state index in [-0.39, 0.29) is 18.2 Å². The number of rotatable bonds is 8. The van der Waals surface area contributed by atoms with Gasteiger partial charge in [0.15, 0.2) is 0 Å². The van der Waals surface area contributed by atoms with E-state index in [1.165, 1.54) is 36.5 Å². The van der Waals surface area contributed by atoms with E-state index in [1.54, 1.807) is 0 Å². The predicted molar refractivity (Wildman–Crippen MR) is 129 cm³/mol. The molecule has 4 heteroatoms. The van der Waals surface area contributed by atoms with Crippen molar-refractivity contribution in [1.29, 1.82) is 0 Å². The summed E-state index contributed by atoms with van der Waals surface area (Å²) in [5, 5.41) is 2.83. The molecule has 1 aliphatic rings. The van der Waals surface area contributed by atoms with Gasteiger partial charge in [0.2, 0.25) is 5.91 Å². The molecule has 0 radical (unpaired) electrons. The molecule has 1 unspecified atom stereocenters. The standard InChI is InChI=1S/C28H32N2O2/c1-22(31)29-26-17-15-23(16-18-26)19-21-30-20-9-8-14-27(30)32-28(24-10-4-2-5-11-24)25-12-6-3-7-13-25/h2-7,10-13,15-18,27-28H,8-9,14,19-21H2,1H3,(H,29,31). The van der Waals surface area contributed by atoms with Gasteiger partial charge < -0.3 is 10.1 Å². The van der Waals surface area contributed by atoms with Crippen LogP contribution in [0.25, 0.3) is 0 Å². The van der Waals surface area contributed by atoms with Crippen molar-refractivity contribution in [3.8, 4) is 0 Å². The Bertz CT molecular complexity index is 934. The number of ether oxygens (including phenoxy) is 1. The number of amides is 1. The molecule has 1 atom stereocenters. The first-order valence-electron chi connectivity index (χ1n) is 11.5. The molecule has 3 aromatic carbocycles. The maximum Gasteiger partial charge on any atom is 0.221 e. The minimum Gasteiger partial charge on any atom is -0.350 e. The Hall–Kier alpha value is -2.95. The number of carbonyl (C=O) groups is 1. The highest BCUT2D eigenvalue weighted by molar-refractivity contribution is 5.88. The van der Waals surface area contributed by atoms with E-state index >= 15 is 0 Å². The van der Waals surface area contributed by atoms with Crippen LogP contribution in [-0.2, 0) is 16.0 Å². The molecular formula is C28H32N2O2. The maximum atomic E-state index is 11.2. The van der Waals surface area contributed by atoms with Crippen LogP contribution in [0.1, 0.15) is 49.0 Å². The van der Waals surface area contributed by atoms with Crippen molar-refractivity contribution in [2.45, 2.75) is 44.9 Å². The van der Waals surface area contributed by atoms with Gasteiger partial charge in [0.25, 0.3) is 0 Å². The van der Waals surface area contributed by atoms with Crippen LogP contribution in [0.5, 0.6) is 0 Å². The van der Waals surface area contributed by atoms with Crippen molar-refractivity contribution in [2.75, 3.05) is 18.4 Å². The van der Waals surface area contributed by atoms with Crippen molar-refractivity contribution in [2.24, 2.45) is 0 Å². The molecule has 0 aromatic heterocycles. The topological polar surface area (TPSA) is 41.6 Å². The Morgan fingerprint density at radius 3 is 2.16 bits per heavy atom. The van der Waals surface area contributed by atoms with Gasteiger partial charge in [-0.2, -0.15) is 0 Å². The van der Waals surface area contributed by atoms with Crippen molar-refractivity contribution in [3.63, 3.8) is 0 Å². The Kier molecular flexibility index (Phi) is 7.70. The fourth-order valence-electron chi connectivity index (χ4n) is 4.36. The Morgan fingerprint density at radius 1 is 0.938 bits per heavy atom. The van der Waals surface area contributed by atoms with Gasteiger partial charge >= 0.3 is 0 Å². The number of piperidine rings is 1. The lowest BCUT2D eigenvalue weighted by Gasteiger charge is -2.38. The second-order valence-corrected chi connectivity index (χ2v) is 8.45. The quantitative estimate of drug-likeness (QED) is 0.493. The molecule has 1 fully saturated rings. The normalized spacial score (nSPS) is 16.8. The zero-order chi connectivity index (χ0) is 22.2. The lowest BCUT2D eigenvalue weighted by molar-refractivity contribution is -0.114. The molecule has 32 heavy (non-hydrogen) atoms. The molecule has 1 amide bonds. The average molecular weight is 429 g/mol. The zero-order valence-electron chi connectivity index (χ0n) is 18.7. The van der Waals surface area contributed by atoms with Gasteiger partial charge in [-0.3, -0.25) is 9.69 Å². The summed E-state index contributed by atoms with van der Waals surface area (Å²) >= 11 is 0. The highest BCUT2D eigenvalue weighted by atomic mass is 16.5. The number of carbonyl (C=O) groups excluding carboxylic acids is 1. The number of likely N-dealkylation sites (tertiary alicyclic amines) is 1. The summed E-state index contributed by atoms with van der Waals surface area (Å²) in [5.41, 5.74) is 4.50. The van der Waals surface area contributed by atoms with E-state index in [4.69, 9.17) is 4.74 Å². The summed E-state index contributed by atoms with van der Waals surface area (Å²) in [6.07, 6.45) is 4.46. The third kappa shape index (κ3) is 6.06. The maximum absolute atomic E-state index is 11.2. The Morgan fingerprint density at radius 2 is 1.56 bits per heavy atom. The first-order chi connectivity index (χ1) is 15.7. The van der Waals surface area contributed by atoms with Gasteiger partial charge in [-0.1, -0.05) is 72.8 Å². The van der Waals surface area contributed by atoms with E-state index < -0.39 is 0 Å². The Labute approximate surface area is 191 Å². The van der Waals surface area contributed by atoms with Crippen LogP contribution < -0.4 is 5.32 Å². The van der Waals surface area contributed by atoms with Crippen LogP contribution in [0.15, 0.2) is 84.9 Å². The third-order valence-electron chi connectivity index (χ3n) is 6.01. The molecule has 1 aliphatic heterocycles. The van der Waals surface area contributed by atoms with E-state index in [0.29, 0.717) is 0 Å². The van der Waals surface area contributed by atoms with E-state index in [2.05, 4.69) is 83.0 Å². The third-order valence-corrected chi connectivity index (χ3v) is 6.01. The number of hydrogen-bond acceptors (Lipinski definition) is 3. The monoisotopic (exact) mass is 428 g/mol. The van der Waals surface area contributed by atoms with Crippen LogP contribution in [0.4, 0.5) is 5.69 Å². The fourth-order valence-corrected chi connectivity index (χ4v) is 4.36. The summed E-state index contributed by atoms with van der Waals surface area (Å²) in [7, 11) is 0. The number of benzene rings is 3. The van der Waals surface area contributed by atoms with Crippen LogP contribution in [0.3, 0.4) is 0 Å². The second kappa shape index (κ2) is 11.1. The summed E-state index contributed by atoms with van der Waals surface area (Å²) in [4.78, 5) is 13.7. The molecule has 1 heterocycles.